The molecule has 0 atom stereocenters. The zero-order valence-corrected chi connectivity index (χ0v) is 13.0. The quantitative estimate of drug-likeness (QED) is 0.942. The average Bonchev–Trinajstić information content (AvgIpc) is 3.02. The summed E-state index contributed by atoms with van der Waals surface area (Å²) in [7, 11) is -3.71. The number of hydrogen-bond donors (Lipinski definition) is 1. The topological polar surface area (TPSA) is 57.6 Å². The number of rotatable bonds is 3. The van der Waals surface area contributed by atoms with Crippen LogP contribution in [0.5, 0.6) is 0 Å². The van der Waals surface area contributed by atoms with Crippen molar-refractivity contribution in [3.8, 4) is 0 Å². The van der Waals surface area contributed by atoms with Crippen LogP contribution in [0.2, 0.25) is 0 Å². The van der Waals surface area contributed by atoms with Gasteiger partial charge in [-0.2, -0.15) is 0 Å². The molecule has 0 spiro atoms. The molecule has 0 aliphatic carbocycles. The van der Waals surface area contributed by atoms with E-state index in [0.29, 0.717) is 23.5 Å². The first-order valence-electron chi connectivity index (χ1n) is 6.45. The average molecular weight is 327 g/mol. The Hall–Kier alpha value is -1.44. The fraction of sp³-hybridized carbons (Fsp3) is 0.286. The number of benzene rings is 1. The van der Waals surface area contributed by atoms with Crippen molar-refractivity contribution >= 4 is 27.0 Å². The number of sulfonamides is 1. The molecule has 1 aliphatic heterocycles. The molecule has 1 aliphatic rings. The van der Waals surface area contributed by atoms with Crippen LogP contribution >= 0.6 is 11.3 Å². The highest BCUT2D eigenvalue weighted by Crippen LogP contribution is 2.36. The summed E-state index contributed by atoms with van der Waals surface area (Å²) in [6, 6.07) is 5.78. The molecule has 0 saturated carbocycles. The van der Waals surface area contributed by atoms with Crippen LogP contribution in [-0.2, 0) is 23.1 Å². The van der Waals surface area contributed by atoms with Crippen LogP contribution < -0.4 is 4.31 Å². The van der Waals surface area contributed by atoms with Crippen LogP contribution in [0.15, 0.2) is 28.5 Å². The number of nitrogens with zero attached hydrogens (tertiary/aromatic N) is 1. The van der Waals surface area contributed by atoms with E-state index < -0.39 is 15.8 Å². The standard InChI is InChI=1S/C14H14FNO3S2/c1-9-6-14(20-13(9)8-17)21(18,19)16-5-4-10-2-3-11(15)7-12(10)16/h2-3,6-7,17H,4-5,8H2,1H3. The monoisotopic (exact) mass is 327 g/mol. The van der Waals surface area contributed by atoms with E-state index in [-0.39, 0.29) is 10.8 Å². The Bertz CT molecular complexity index is 799. The van der Waals surface area contributed by atoms with Gasteiger partial charge in [0.05, 0.1) is 12.3 Å². The van der Waals surface area contributed by atoms with Crippen LogP contribution in [0.3, 0.4) is 0 Å². The van der Waals surface area contributed by atoms with E-state index in [2.05, 4.69) is 0 Å². The third-order valence-electron chi connectivity index (χ3n) is 3.59. The van der Waals surface area contributed by atoms with Gasteiger partial charge < -0.3 is 5.11 Å². The van der Waals surface area contributed by atoms with Crippen molar-refractivity contribution < 1.29 is 17.9 Å². The van der Waals surface area contributed by atoms with Crippen molar-refractivity contribution in [3.05, 3.63) is 46.1 Å². The van der Waals surface area contributed by atoms with Gasteiger partial charge in [0, 0.05) is 11.4 Å². The number of halogens is 1. The van der Waals surface area contributed by atoms with E-state index in [9.17, 15) is 17.9 Å². The molecule has 2 aromatic rings. The molecule has 21 heavy (non-hydrogen) atoms. The summed E-state index contributed by atoms with van der Waals surface area (Å²) in [5.74, 6) is -0.450. The van der Waals surface area contributed by atoms with Crippen molar-refractivity contribution in [1.29, 1.82) is 0 Å². The van der Waals surface area contributed by atoms with E-state index in [4.69, 9.17) is 0 Å². The summed E-state index contributed by atoms with van der Waals surface area (Å²) in [5.41, 5.74) is 1.99. The van der Waals surface area contributed by atoms with Gasteiger partial charge in [0.2, 0.25) is 0 Å². The number of aliphatic hydroxyl groups is 1. The first kappa shape index (κ1) is 14.5. The molecule has 2 heterocycles. The largest absolute Gasteiger partial charge is 0.391 e. The third-order valence-corrected chi connectivity index (χ3v) is 7.07. The number of aryl methyl sites for hydroxylation is 1. The number of aliphatic hydroxyl groups excluding tert-OH is 1. The molecule has 0 fully saturated rings. The van der Waals surface area contributed by atoms with E-state index >= 15 is 0 Å². The maximum Gasteiger partial charge on any atom is 0.273 e. The van der Waals surface area contributed by atoms with Gasteiger partial charge in [-0.1, -0.05) is 6.07 Å². The lowest BCUT2D eigenvalue weighted by Crippen LogP contribution is -2.28. The van der Waals surface area contributed by atoms with Crippen molar-refractivity contribution in [1.82, 2.24) is 0 Å². The van der Waals surface area contributed by atoms with Gasteiger partial charge in [-0.05, 0) is 42.7 Å². The summed E-state index contributed by atoms with van der Waals surface area (Å²) >= 11 is 1.06. The Balaban J connectivity index is 2.06. The Morgan fingerprint density at radius 3 is 2.81 bits per heavy atom. The molecule has 1 aromatic carbocycles. The van der Waals surface area contributed by atoms with Crippen molar-refractivity contribution in [2.45, 2.75) is 24.2 Å². The summed E-state index contributed by atoms with van der Waals surface area (Å²) in [6.07, 6.45) is 0.575. The van der Waals surface area contributed by atoms with Gasteiger partial charge in [-0.3, -0.25) is 4.31 Å². The van der Waals surface area contributed by atoms with Gasteiger partial charge in [0.1, 0.15) is 10.0 Å². The summed E-state index contributed by atoms with van der Waals surface area (Å²) in [6.45, 7) is 1.89. The van der Waals surface area contributed by atoms with Crippen molar-refractivity contribution in [3.63, 3.8) is 0 Å². The molecular weight excluding hydrogens is 313 g/mol. The molecule has 4 nitrogen and oxygen atoms in total. The highest BCUT2D eigenvalue weighted by Gasteiger charge is 2.32. The minimum atomic E-state index is -3.71. The highest BCUT2D eigenvalue weighted by atomic mass is 32.2. The first-order chi connectivity index (χ1) is 9.93. The molecular formula is C14H14FNO3S2. The fourth-order valence-electron chi connectivity index (χ4n) is 2.45. The number of fused-ring (bicyclic) bond motifs is 1. The van der Waals surface area contributed by atoms with Crippen LogP contribution in [0.25, 0.3) is 0 Å². The maximum absolute atomic E-state index is 13.4. The SMILES string of the molecule is Cc1cc(S(=O)(=O)N2CCc3ccc(F)cc32)sc1CO. The molecule has 0 radical (unpaired) electrons. The minimum absolute atomic E-state index is 0.182. The van der Waals surface area contributed by atoms with Crippen LogP contribution in [-0.4, -0.2) is 20.1 Å². The lowest BCUT2D eigenvalue weighted by Gasteiger charge is -2.18. The molecule has 0 saturated heterocycles. The number of anilines is 1. The zero-order chi connectivity index (χ0) is 15.2. The Labute approximate surface area is 126 Å². The molecule has 0 unspecified atom stereocenters. The van der Waals surface area contributed by atoms with E-state index in [1.807, 2.05) is 0 Å². The summed E-state index contributed by atoms with van der Waals surface area (Å²) in [4.78, 5) is 0.632. The number of thiophene rings is 1. The normalized spacial score (nSPS) is 14.5. The van der Waals surface area contributed by atoms with Crippen LogP contribution in [0.4, 0.5) is 10.1 Å². The zero-order valence-electron chi connectivity index (χ0n) is 11.3. The first-order valence-corrected chi connectivity index (χ1v) is 8.70. The van der Waals surface area contributed by atoms with Crippen molar-refractivity contribution in [2.75, 3.05) is 10.8 Å². The molecule has 1 N–H and O–H groups in total. The number of hydrogen-bond acceptors (Lipinski definition) is 4. The second-order valence-corrected chi connectivity index (χ2v) is 8.16. The van der Waals surface area contributed by atoms with Gasteiger partial charge in [-0.25, -0.2) is 12.8 Å². The molecule has 3 rings (SSSR count). The Morgan fingerprint density at radius 2 is 2.14 bits per heavy atom. The molecule has 1 aromatic heterocycles. The molecule has 112 valence electrons. The summed E-state index contributed by atoms with van der Waals surface area (Å²) in [5, 5.41) is 9.21. The lowest BCUT2D eigenvalue weighted by atomic mass is 10.2. The van der Waals surface area contributed by atoms with Gasteiger partial charge in [0.25, 0.3) is 10.0 Å². The third kappa shape index (κ3) is 2.35. The molecule has 0 amide bonds. The van der Waals surface area contributed by atoms with E-state index in [1.165, 1.54) is 16.4 Å². The second-order valence-electron chi connectivity index (χ2n) is 4.93. The van der Waals surface area contributed by atoms with Crippen molar-refractivity contribution in [2.24, 2.45) is 0 Å². The van der Waals surface area contributed by atoms with E-state index in [0.717, 1.165) is 22.5 Å². The predicted molar refractivity (Wildman–Crippen MR) is 79.6 cm³/mol. The Morgan fingerprint density at radius 1 is 1.38 bits per heavy atom. The molecule has 0 bridgehead atoms. The van der Waals surface area contributed by atoms with Gasteiger partial charge in [-0.15, -0.1) is 11.3 Å². The maximum atomic E-state index is 13.4. The smallest absolute Gasteiger partial charge is 0.273 e. The molecule has 7 heteroatoms. The highest BCUT2D eigenvalue weighted by molar-refractivity contribution is 7.94. The lowest BCUT2D eigenvalue weighted by molar-refractivity contribution is 0.285. The minimum Gasteiger partial charge on any atom is -0.391 e. The van der Waals surface area contributed by atoms with Gasteiger partial charge in [0.15, 0.2) is 0 Å². The van der Waals surface area contributed by atoms with E-state index in [1.54, 1.807) is 19.1 Å². The fourth-order valence-corrected chi connectivity index (χ4v) is 5.51. The second kappa shape index (κ2) is 5.08. The van der Waals surface area contributed by atoms with Crippen LogP contribution in [0, 0.1) is 12.7 Å². The van der Waals surface area contributed by atoms with Gasteiger partial charge >= 0.3 is 0 Å². The Kier molecular flexibility index (Phi) is 3.51. The van der Waals surface area contributed by atoms with Crippen LogP contribution in [0.1, 0.15) is 16.0 Å². The summed E-state index contributed by atoms with van der Waals surface area (Å²) < 4.78 is 40.3. The predicted octanol–water partition coefficient (Wildman–Crippen LogP) is 2.44.